The van der Waals surface area contributed by atoms with Crippen LogP contribution in [0.25, 0.3) is 0 Å². The van der Waals surface area contributed by atoms with Gasteiger partial charge >= 0.3 is 0 Å². The quantitative estimate of drug-likeness (QED) is 0.758. The summed E-state index contributed by atoms with van der Waals surface area (Å²) in [5, 5.41) is 5.96. The van der Waals surface area contributed by atoms with Gasteiger partial charge in [-0.15, -0.1) is 11.3 Å². The summed E-state index contributed by atoms with van der Waals surface area (Å²) in [4.78, 5) is 15.6. The maximum atomic E-state index is 11.1. The Labute approximate surface area is 122 Å². The number of hydrogen-bond donors (Lipinski definition) is 3. The maximum absolute atomic E-state index is 11.1. The normalized spacial score (nSPS) is 11.3. The van der Waals surface area contributed by atoms with Crippen LogP contribution in [-0.2, 0) is 5.41 Å². The lowest BCUT2D eigenvalue weighted by molar-refractivity contribution is 0.100. The summed E-state index contributed by atoms with van der Waals surface area (Å²) in [6, 6.07) is 4.93. The molecule has 5 nitrogen and oxygen atoms in total. The van der Waals surface area contributed by atoms with E-state index in [1.54, 1.807) is 18.2 Å². The summed E-state index contributed by atoms with van der Waals surface area (Å²) < 4.78 is 0. The van der Waals surface area contributed by atoms with Crippen LogP contribution >= 0.6 is 11.3 Å². The number of anilines is 3. The third-order valence-corrected chi connectivity index (χ3v) is 3.61. The SMILES string of the molecule is CC(C)(C)c1csc(Nc2ccc(C(N)=O)cc2N)n1. The van der Waals surface area contributed by atoms with E-state index in [0.29, 0.717) is 16.9 Å². The molecule has 5 N–H and O–H groups in total. The number of amides is 1. The fourth-order valence-corrected chi connectivity index (χ4v) is 2.57. The van der Waals surface area contributed by atoms with Crippen molar-refractivity contribution in [3.05, 3.63) is 34.8 Å². The van der Waals surface area contributed by atoms with E-state index in [-0.39, 0.29) is 5.41 Å². The Morgan fingerprint density at radius 2 is 2.05 bits per heavy atom. The van der Waals surface area contributed by atoms with E-state index in [4.69, 9.17) is 11.5 Å². The van der Waals surface area contributed by atoms with Gasteiger partial charge in [-0.05, 0) is 18.2 Å². The lowest BCUT2D eigenvalue weighted by Gasteiger charge is -2.14. The van der Waals surface area contributed by atoms with Gasteiger partial charge < -0.3 is 16.8 Å². The molecule has 6 heteroatoms. The number of aromatic nitrogens is 1. The molecular weight excluding hydrogens is 272 g/mol. The van der Waals surface area contributed by atoms with Crippen LogP contribution in [0.5, 0.6) is 0 Å². The number of hydrogen-bond acceptors (Lipinski definition) is 5. The van der Waals surface area contributed by atoms with Gasteiger partial charge in [-0.3, -0.25) is 4.79 Å². The standard InChI is InChI=1S/C14H18N4OS/c1-14(2,3)11-7-20-13(18-11)17-10-5-4-8(12(16)19)6-9(10)15/h4-7H,15H2,1-3H3,(H2,16,19)(H,17,18). The number of benzene rings is 1. The molecule has 0 bridgehead atoms. The molecule has 1 aromatic carbocycles. The zero-order valence-electron chi connectivity index (χ0n) is 11.7. The lowest BCUT2D eigenvalue weighted by Crippen LogP contribution is -2.12. The van der Waals surface area contributed by atoms with Crippen LogP contribution in [0, 0.1) is 0 Å². The van der Waals surface area contributed by atoms with Gasteiger partial charge in [-0.2, -0.15) is 0 Å². The van der Waals surface area contributed by atoms with E-state index in [1.807, 2.05) is 5.38 Å². The van der Waals surface area contributed by atoms with Gasteiger partial charge in [-0.1, -0.05) is 20.8 Å². The molecule has 0 spiro atoms. The molecule has 0 aliphatic carbocycles. The molecule has 0 aliphatic rings. The first-order chi connectivity index (χ1) is 9.27. The smallest absolute Gasteiger partial charge is 0.248 e. The van der Waals surface area contributed by atoms with Crippen molar-refractivity contribution in [2.24, 2.45) is 5.73 Å². The minimum absolute atomic E-state index is 0.0117. The predicted molar refractivity (Wildman–Crippen MR) is 83.5 cm³/mol. The number of nitrogens with one attached hydrogen (secondary N) is 1. The largest absolute Gasteiger partial charge is 0.397 e. The van der Waals surface area contributed by atoms with E-state index < -0.39 is 5.91 Å². The summed E-state index contributed by atoms with van der Waals surface area (Å²) in [6.45, 7) is 6.34. The average molecular weight is 290 g/mol. The second kappa shape index (κ2) is 5.13. The summed E-state index contributed by atoms with van der Waals surface area (Å²) in [5.41, 5.74) is 13.7. The average Bonchev–Trinajstić information content (AvgIpc) is 2.80. The van der Waals surface area contributed by atoms with Gasteiger partial charge in [0.25, 0.3) is 0 Å². The Hall–Kier alpha value is -2.08. The zero-order chi connectivity index (χ0) is 14.9. The van der Waals surface area contributed by atoms with E-state index in [2.05, 4.69) is 31.1 Å². The molecule has 2 aromatic rings. The summed E-state index contributed by atoms with van der Waals surface area (Å²) in [6.07, 6.45) is 0. The molecule has 1 amide bonds. The van der Waals surface area contributed by atoms with E-state index in [9.17, 15) is 4.79 Å². The Morgan fingerprint density at radius 3 is 2.55 bits per heavy atom. The van der Waals surface area contributed by atoms with Crippen LogP contribution in [0.4, 0.5) is 16.5 Å². The van der Waals surface area contributed by atoms with Gasteiger partial charge in [0.2, 0.25) is 5.91 Å². The first-order valence-corrected chi connectivity index (χ1v) is 7.07. The highest BCUT2D eigenvalue weighted by molar-refractivity contribution is 7.13. The van der Waals surface area contributed by atoms with Crippen molar-refractivity contribution in [1.29, 1.82) is 0 Å². The minimum Gasteiger partial charge on any atom is -0.397 e. The van der Waals surface area contributed by atoms with Crippen molar-refractivity contribution in [2.45, 2.75) is 26.2 Å². The second-order valence-electron chi connectivity index (χ2n) is 5.58. The number of thiazole rings is 1. The summed E-state index contributed by atoms with van der Waals surface area (Å²) >= 11 is 1.52. The van der Waals surface area contributed by atoms with Gasteiger partial charge in [0.1, 0.15) is 0 Å². The van der Waals surface area contributed by atoms with Crippen LogP contribution in [0.15, 0.2) is 23.6 Å². The summed E-state index contributed by atoms with van der Waals surface area (Å²) in [7, 11) is 0. The Bertz CT molecular complexity index is 643. The molecule has 1 aromatic heterocycles. The monoisotopic (exact) mass is 290 g/mol. The van der Waals surface area contributed by atoms with Gasteiger partial charge in [0.05, 0.1) is 17.1 Å². The number of nitrogen functional groups attached to an aromatic ring is 1. The third kappa shape index (κ3) is 3.08. The molecule has 0 atom stereocenters. The molecule has 0 aliphatic heterocycles. The number of carbonyl (C=O) groups is 1. The number of nitrogens with two attached hydrogens (primary N) is 2. The molecule has 2 rings (SSSR count). The Morgan fingerprint density at radius 1 is 1.35 bits per heavy atom. The van der Waals surface area contributed by atoms with Crippen LogP contribution in [-0.4, -0.2) is 10.9 Å². The molecule has 0 saturated carbocycles. The Balaban J connectivity index is 2.22. The highest BCUT2D eigenvalue weighted by Crippen LogP contribution is 2.30. The molecule has 0 radical (unpaired) electrons. The van der Waals surface area contributed by atoms with Crippen molar-refractivity contribution in [1.82, 2.24) is 4.98 Å². The number of carbonyl (C=O) groups excluding carboxylic acids is 1. The van der Waals surface area contributed by atoms with E-state index >= 15 is 0 Å². The first kappa shape index (κ1) is 14.3. The van der Waals surface area contributed by atoms with E-state index in [1.165, 1.54) is 11.3 Å². The minimum atomic E-state index is -0.493. The molecule has 0 fully saturated rings. The topological polar surface area (TPSA) is 94.0 Å². The lowest BCUT2D eigenvalue weighted by atomic mass is 9.93. The Kier molecular flexibility index (Phi) is 3.67. The zero-order valence-corrected chi connectivity index (χ0v) is 12.5. The van der Waals surface area contributed by atoms with Crippen LogP contribution in [0.1, 0.15) is 36.8 Å². The predicted octanol–water partition coefficient (Wildman–Crippen LogP) is 2.87. The van der Waals surface area contributed by atoms with Crippen LogP contribution in [0.3, 0.4) is 0 Å². The first-order valence-electron chi connectivity index (χ1n) is 6.20. The van der Waals surface area contributed by atoms with Crippen LogP contribution in [0.2, 0.25) is 0 Å². The number of nitrogens with zero attached hydrogens (tertiary/aromatic N) is 1. The van der Waals surface area contributed by atoms with Crippen molar-refractivity contribution in [3.63, 3.8) is 0 Å². The molecule has 106 valence electrons. The fraction of sp³-hybridized carbons (Fsp3) is 0.286. The van der Waals surface area contributed by atoms with Crippen LogP contribution < -0.4 is 16.8 Å². The summed E-state index contributed by atoms with van der Waals surface area (Å²) in [5.74, 6) is -0.493. The highest BCUT2D eigenvalue weighted by Gasteiger charge is 2.17. The van der Waals surface area contributed by atoms with Crippen molar-refractivity contribution in [2.75, 3.05) is 11.1 Å². The second-order valence-corrected chi connectivity index (χ2v) is 6.44. The molecular formula is C14H18N4OS. The number of primary amides is 1. The van der Waals surface area contributed by atoms with Crippen molar-refractivity contribution >= 4 is 33.8 Å². The van der Waals surface area contributed by atoms with Gasteiger partial charge in [0, 0.05) is 16.4 Å². The highest BCUT2D eigenvalue weighted by atomic mass is 32.1. The number of rotatable bonds is 3. The molecule has 0 unspecified atom stereocenters. The molecule has 1 heterocycles. The fourth-order valence-electron chi connectivity index (χ4n) is 1.62. The molecule has 0 saturated heterocycles. The van der Waals surface area contributed by atoms with Crippen molar-refractivity contribution in [3.8, 4) is 0 Å². The van der Waals surface area contributed by atoms with Gasteiger partial charge in [0.15, 0.2) is 5.13 Å². The third-order valence-electron chi connectivity index (χ3n) is 2.85. The van der Waals surface area contributed by atoms with Gasteiger partial charge in [-0.25, -0.2) is 4.98 Å². The maximum Gasteiger partial charge on any atom is 0.248 e. The van der Waals surface area contributed by atoms with Crippen molar-refractivity contribution < 1.29 is 4.79 Å². The van der Waals surface area contributed by atoms with E-state index in [0.717, 1.165) is 10.8 Å². The molecule has 20 heavy (non-hydrogen) atoms.